The van der Waals surface area contributed by atoms with Crippen molar-refractivity contribution in [3.63, 3.8) is 0 Å². The second kappa shape index (κ2) is 8.35. The normalized spacial score (nSPS) is 20.4. The molecule has 0 radical (unpaired) electrons. The molecule has 1 aliphatic rings. The summed E-state index contributed by atoms with van der Waals surface area (Å²) in [7, 11) is -2.03. The van der Waals surface area contributed by atoms with Gasteiger partial charge in [-0.25, -0.2) is 4.79 Å². The number of rotatable bonds is 6. The number of ether oxygens (including phenoxy) is 1. The van der Waals surface area contributed by atoms with Crippen LogP contribution < -0.4 is 0 Å². The summed E-state index contributed by atoms with van der Waals surface area (Å²) in [5.41, 5.74) is 0.344. The molecule has 1 amide bonds. The van der Waals surface area contributed by atoms with Crippen molar-refractivity contribution in [1.82, 2.24) is 9.88 Å². The minimum Gasteiger partial charge on any atom is -0.445 e. The quantitative estimate of drug-likeness (QED) is 0.416. The zero-order valence-corrected chi connectivity index (χ0v) is 17.9. The molecule has 2 rings (SSSR count). The van der Waals surface area contributed by atoms with Gasteiger partial charge < -0.3 is 9.16 Å². The molecular formula is C20H30N2O4Si. The Kier molecular flexibility index (Phi) is 6.59. The minimum absolute atomic E-state index is 0.0459. The first-order chi connectivity index (χ1) is 12.6. The molecule has 148 valence electrons. The predicted octanol–water partition coefficient (Wildman–Crippen LogP) is 4.05. The number of carbonyl (C=O) groups excluding carboxylic acids is 2. The highest BCUT2D eigenvalue weighted by Crippen LogP contribution is 2.39. The number of aromatic nitrogens is 1. The van der Waals surface area contributed by atoms with Gasteiger partial charge in [0, 0.05) is 19.2 Å². The Labute approximate surface area is 162 Å². The van der Waals surface area contributed by atoms with Crippen molar-refractivity contribution in [1.29, 1.82) is 0 Å². The number of ketones is 1. The summed E-state index contributed by atoms with van der Waals surface area (Å²) >= 11 is 0. The molecule has 7 heteroatoms. The Balaban J connectivity index is 2.22. The fourth-order valence-electron chi connectivity index (χ4n) is 2.82. The zero-order valence-electron chi connectivity index (χ0n) is 16.9. The average molecular weight is 391 g/mol. The van der Waals surface area contributed by atoms with Gasteiger partial charge in [-0.05, 0) is 30.3 Å². The van der Waals surface area contributed by atoms with Crippen LogP contribution in [0.15, 0.2) is 37.1 Å². The van der Waals surface area contributed by atoms with E-state index < -0.39 is 20.5 Å². The van der Waals surface area contributed by atoms with Crippen molar-refractivity contribution < 1.29 is 18.8 Å². The lowest BCUT2D eigenvalue weighted by molar-refractivity contribution is 0.0782. The number of carbonyl (C=O) groups is 2. The molecule has 27 heavy (non-hydrogen) atoms. The Morgan fingerprint density at radius 2 is 2.07 bits per heavy atom. The van der Waals surface area contributed by atoms with Crippen LogP contribution in [-0.4, -0.2) is 55.4 Å². The predicted molar refractivity (Wildman–Crippen MR) is 107 cm³/mol. The van der Waals surface area contributed by atoms with Crippen LogP contribution >= 0.6 is 0 Å². The third-order valence-electron chi connectivity index (χ3n) is 5.31. The van der Waals surface area contributed by atoms with Gasteiger partial charge in [0.1, 0.15) is 18.3 Å². The van der Waals surface area contributed by atoms with Crippen LogP contribution in [0, 0.1) is 0 Å². The van der Waals surface area contributed by atoms with Crippen molar-refractivity contribution in [2.75, 3.05) is 13.2 Å². The van der Waals surface area contributed by atoms with E-state index in [2.05, 4.69) is 45.4 Å². The molecule has 1 fully saturated rings. The molecule has 0 saturated carbocycles. The molecule has 6 nitrogen and oxygen atoms in total. The van der Waals surface area contributed by atoms with E-state index in [1.54, 1.807) is 24.4 Å². The van der Waals surface area contributed by atoms with Gasteiger partial charge in [0.05, 0.1) is 6.10 Å². The fraction of sp³-hybridized carbons (Fsp3) is 0.550. The Hall–Kier alpha value is -1.99. The summed E-state index contributed by atoms with van der Waals surface area (Å²) in [6, 6.07) is 4.55. The maximum Gasteiger partial charge on any atom is 0.410 e. The smallest absolute Gasteiger partial charge is 0.410 e. The highest BCUT2D eigenvalue weighted by atomic mass is 28.4. The summed E-state index contributed by atoms with van der Waals surface area (Å²) in [5, 5.41) is 0.0459. The molecule has 2 heterocycles. The van der Waals surface area contributed by atoms with Gasteiger partial charge in [-0.3, -0.25) is 14.7 Å². The zero-order chi connectivity index (χ0) is 20.2. The van der Waals surface area contributed by atoms with Gasteiger partial charge in [-0.1, -0.05) is 39.5 Å². The van der Waals surface area contributed by atoms with Crippen molar-refractivity contribution in [2.45, 2.75) is 57.5 Å². The van der Waals surface area contributed by atoms with E-state index in [9.17, 15) is 9.59 Å². The van der Waals surface area contributed by atoms with Gasteiger partial charge in [0.15, 0.2) is 8.32 Å². The van der Waals surface area contributed by atoms with Crippen molar-refractivity contribution >= 4 is 20.2 Å². The number of Topliss-reactive ketones (excluding diaryl/α,β-unsaturated/α-hetero) is 1. The Bertz CT molecular complexity index is 685. The molecule has 0 spiro atoms. The lowest BCUT2D eigenvalue weighted by Crippen LogP contribution is -2.45. The molecule has 1 aliphatic heterocycles. The monoisotopic (exact) mass is 390 g/mol. The van der Waals surface area contributed by atoms with E-state index in [0.29, 0.717) is 18.7 Å². The highest BCUT2D eigenvalue weighted by molar-refractivity contribution is 6.74. The SMILES string of the molecule is C=CCOC(=O)N1C[C@H](O[Si](C)(C)C(C)(C)C)C[C@H]1C(=O)c1ccccn1. The Morgan fingerprint density at radius 1 is 1.37 bits per heavy atom. The molecule has 1 saturated heterocycles. The van der Waals surface area contributed by atoms with Crippen LogP contribution in [-0.2, 0) is 9.16 Å². The highest BCUT2D eigenvalue weighted by Gasteiger charge is 2.46. The second-order valence-electron chi connectivity index (χ2n) is 8.35. The fourth-order valence-corrected chi connectivity index (χ4v) is 4.18. The summed E-state index contributed by atoms with van der Waals surface area (Å²) in [4.78, 5) is 31.1. The molecule has 0 bridgehead atoms. The maximum absolute atomic E-state index is 13.0. The Morgan fingerprint density at radius 3 is 2.63 bits per heavy atom. The molecule has 0 unspecified atom stereocenters. The summed E-state index contributed by atoms with van der Waals surface area (Å²) in [6.07, 6.45) is 2.81. The number of amides is 1. The second-order valence-corrected chi connectivity index (χ2v) is 13.1. The van der Waals surface area contributed by atoms with Gasteiger partial charge >= 0.3 is 6.09 Å². The van der Waals surface area contributed by atoms with Crippen LogP contribution in [0.4, 0.5) is 4.79 Å². The van der Waals surface area contributed by atoms with Crippen LogP contribution in [0.5, 0.6) is 0 Å². The van der Waals surface area contributed by atoms with Crippen molar-refractivity contribution in [2.24, 2.45) is 0 Å². The molecular weight excluding hydrogens is 360 g/mol. The topological polar surface area (TPSA) is 68.7 Å². The van der Waals surface area contributed by atoms with E-state index in [1.807, 2.05) is 0 Å². The van der Waals surface area contributed by atoms with E-state index >= 15 is 0 Å². The first kappa shape index (κ1) is 21.3. The van der Waals surface area contributed by atoms with Crippen LogP contribution in [0.3, 0.4) is 0 Å². The van der Waals surface area contributed by atoms with Crippen molar-refractivity contribution in [3.05, 3.63) is 42.7 Å². The largest absolute Gasteiger partial charge is 0.445 e. The first-order valence-electron chi connectivity index (χ1n) is 9.24. The number of hydrogen-bond donors (Lipinski definition) is 0. The van der Waals surface area contributed by atoms with Crippen LogP contribution in [0.25, 0.3) is 0 Å². The number of nitrogens with zero attached hydrogens (tertiary/aromatic N) is 2. The number of hydrogen-bond acceptors (Lipinski definition) is 5. The molecule has 0 N–H and O–H groups in total. The van der Waals surface area contributed by atoms with Gasteiger partial charge in [0.2, 0.25) is 5.78 Å². The third-order valence-corrected chi connectivity index (χ3v) is 9.84. The molecule has 0 aromatic carbocycles. The lowest BCUT2D eigenvalue weighted by Gasteiger charge is -2.38. The molecule has 2 atom stereocenters. The summed E-state index contributed by atoms with van der Waals surface area (Å²) < 4.78 is 11.7. The van der Waals surface area contributed by atoms with Gasteiger partial charge in [-0.2, -0.15) is 0 Å². The van der Waals surface area contributed by atoms with Gasteiger partial charge in [0.25, 0.3) is 0 Å². The molecule has 1 aromatic rings. The standard InChI is InChI=1S/C20H30N2O4Si/c1-7-12-25-19(24)22-14-15(26-27(5,6)20(2,3)4)13-17(22)18(23)16-10-8-9-11-21-16/h7-11,15,17H,1,12-14H2,2-6H3/t15-,17+/m1/s1. The van der Waals surface area contributed by atoms with Crippen molar-refractivity contribution in [3.8, 4) is 0 Å². The summed E-state index contributed by atoms with van der Waals surface area (Å²) in [5.74, 6) is -0.188. The molecule has 0 aliphatic carbocycles. The first-order valence-corrected chi connectivity index (χ1v) is 12.1. The lowest BCUT2D eigenvalue weighted by atomic mass is 10.1. The minimum atomic E-state index is -2.03. The van der Waals surface area contributed by atoms with E-state index in [4.69, 9.17) is 9.16 Å². The number of pyridine rings is 1. The molecule has 1 aromatic heterocycles. The van der Waals surface area contributed by atoms with E-state index in [1.165, 1.54) is 11.0 Å². The average Bonchev–Trinajstić information content (AvgIpc) is 3.02. The third kappa shape index (κ3) is 5.04. The van der Waals surface area contributed by atoms with Crippen LogP contribution in [0.1, 0.15) is 37.7 Å². The maximum atomic E-state index is 13.0. The van der Waals surface area contributed by atoms with E-state index in [-0.39, 0.29) is 23.5 Å². The van der Waals surface area contributed by atoms with Gasteiger partial charge in [-0.15, -0.1) is 0 Å². The summed E-state index contributed by atoms with van der Waals surface area (Å²) in [6.45, 7) is 14.8. The number of likely N-dealkylation sites (tertiary alicyclic amines) is 1. The van der Waals surface area contributed by atoms with Crippen LogP contribution in [0.2, 0.25) is 18.1 Å². The van der Waals surface area contributed by atoms with E-state index in [0.717, 1.165) is 0 Å².